The van der Waals surface area contributed by atoms with Crippen LogP contribution in [-0.2, 0) is 38.7 Å². The van der Waals surface area contributed by atoms with Crippen LogP contribution in [0, 0.1) is 0 Å². The Bertz CT molecular complexity index is 1760. The molecule has 2 aliphatic rings. The third-order valence-corrected chi connectivity index (χ3v) is 8.92. The lowest BCUT2D eigenvalue weighted by Gasteiger charge is -2.35. The van der Waals surface area contributed by atoms with E-state index in [2.05, 4.69) is 15.4 Å². The number of ether oxygens (including phenoxy) is 1. The molecule has 17 heteroatoms. The second-order valence-electron chi connectivity index (χ2n) is 10.1. The topological polar surface area (TPSA) is 131 Å². The molecule has 5 rings (SSSR count). The zero-order valence-corrected chi connectivity index (χ0v) is 24.9. The number of anilines is 2. The number of amides is 1. The summed E-state index contributed by atoms with van der Waals surface area (Å²) >= 11 is 6.06. The molecule has 0 aliphatic carbocycles. The van der Waals surface area contributed by atoms with E-state index in [0.29, 0.717) is 37.6 Å². The smallest absolute Gasteiger partial charge is 0.377 e. The molecule has 1 aromatic carbocycles. The summed E-state index contributed by atoms with van der Waals surface area (Å²) in [7, 11) is -3.42. The number of sulfonamides is 1. The Labute approximate surface area is 249 Å². The number of halogens is 4. The van der Waals surface area contributed by atoms with Gasteiger partial charge in [0.25, 0.3) is 5.56 Å². The van der Waals surface area contributed by atoms with Crippen LogP contribution < -0.4 is 15.8 Å². The van der Waals surface area contributed by atoms with Crippen LogP contribution in [0.5, 0.6) is 0 Å². The number of hydrogen-bond donors (Lipinski definition) is 1. The minimum atomic E-state index is -4.60. The summed E-state index contributed by atoms with van der Waals surface area (Å²) in [5.41, 5.74) is 0.0860. The number of nitrogens with zero attached hydrogens (tertiary/aromatic N) is 6. The molecule has 0 saturated carbocycles. The number of carbonyl (C=O) groups is 1. The van der Waals surface area contributed by atoms with Crippen LogP contribution in [0.3, 0.4) is 0 Å². The Morgan fingerprint density at radius 2 is 1.91 bits per heavy atom. The van der Waals surface area contributed by atoms with E-state index in [1.54, 1.807) is 16.4 Å². The highest BCUT2D eigenvalue weighted by molar-refractivity contribution is 7.88. The zero-order chi connectivity index (χ0) is 31.1. The average Bonchev–Trinajstić information content (AvgIpc) is 3.41. The Morgan fingerprint density at radius 1 is 1.19 bits per heavy atom. The Hall–Kier alpha value is -3.47. The standard InChI is InChI=1S/C26H29ClF3N7O5S/c1-3-20-22(34-8-10-35(11-9-34)43(2,40)41)24(39)37-25(32-23(33-37)16-6-12-42-13-7-16)36(20)15-21(38)31-19-5-4-17(14-18(19)27)26(28,29)30/h4-6,14H,3,7-13,15H2,1-2H3,(H,31,38). The minimum Gasteiger partial charge on any atom is -0.377 e. The van der Waals surface area contributed by atoms with Crippen molar-refractivity contribution in [1.29, 1.82) is 0 Å². The quantitative estimate of drug-likeness (QED) is 0.416. The molecule has 1 saturated heterocycles. The number of benzene rings is 1. The van der Waals surface area contributed by atoms with Crippen LogP contribution in [0.1, 0.15) is 30.4 Å². The van der Waals surface area contributed by atoms with Crippen LogP contribution in [0.2, 0.25) is 5.02 Å². The summed E-state index contributed by atoms with van der Waals surface area (Å²) in [4.78, 5) is 33.6. The monoisotopic (exact) mass is 643 g/mol. The number of alkyl halides is 3. The molecule has 1 fully saturated rings. The van der Waals surface area contributed by atoms with Gasteiger partial charge in [-0.05, 0) is 36.6 Å². The third-order valence-electron chi connectivity index (χ3n) is 7.31. The first-order chi connectivity index (χ1) is 20.3. The van der Waals surface area contributed by atoms with Gasteiger partial charge in [0, 0.05) is 26.2 Å². The van der Waals surface area contributed by atoms with Crippen LogP contribution >= 0.6 is 11.6 Å². The molecular formula is C26H29ClF3N7O5S. The maximum absolute atomic E-state index is 13.9. The van der Waals surface area contributed by atoms with Gasteiger partial charge in [0.1, 0.15) is 12.2 Å². The summed E-state index contributed by atoms with van der Waals surface area (Å²) in [6, 6.07) is 2.62. The molecule has 0 spiro atoms. The molecule has 232 valence electrons. The van der Waals surface area contributed by atoms with Gasteiger partial charge in [-0.15, -0.1) is 5.10 Å². The largest absolute Gasteiger partial charge is 0.416 e. The van der Waals surface area contributed by atoms with Crippen molar-refractivity contribution in [2.45, 2.75) is 32.5 Å². The number of piperazine rings is 1. The number of nitrogens with one attached hydrogen (secondary N) is 1. The predicted molar refractivity (Wildman–Crippen MR) is 154 cm³/mol. The van der Waals surface area contributed by atoms with E-state index in [1.807, 2.05) is 6.08 Å². The van der Waals surface area contributed by atoms with E-state index < -0.39 is 33.2 Å². The zero-order valence-electron chi connectivity index (χ0n) is 23.3. The molecule has 1 amide bonds. The highest BCUT2D eigenvalue weighted by Crippen LogP contribution is 2.34. The first kappa shape index (κ1) is 31.0. The van der Waals surface area contributed by atoms with Gasteiger partial charge in [0.05, 0.1) is 41.4 Å². The molecule has 3 aromatic rings. The second-order valence-corrected chi connectivity index (χ2v) is 12.5. The fraction of sp³-hybridized carbons (Fsp3) is 0.462. The fourth-order valence-electron chi connectivity index (χ4n) is 5.16. The van der Waals surface area contributed by atoms with Crippen LogP contribution in [0.4, 0.5) is 24.5 Å². The van der Waals surface area contributed by atoms with Crippen molar-refractivity contribution in [2.24, 2.45) is 0 Å². The lowest BCUT2D eigenvalue weighted by Crippen LogP contribution is -2.50. The molecule has 2 aliphatic heterocycles. The van der Waals surface area contributed by atoms with E-state index in [1.165, 1.54) is 4.31 Å². The Morgan fingerprint density at radius 3 is 2.49 bits per heavy atom. The van der Waals surface area contributed by atoms with Crippen molar-refractivity contribution in [2.75, 3.05) is 55.9 Å². The van der Waals surface area contributed by atoms with Gasteiger partial charge in [0.15, 0.2) is 5.82 Å². The van der Waals surface area contributed by atoms with E-state index in [9.17, 15) is 31.2 Å². The summed E-state index contributed by atoms with van der Waals surface area (Å²) in [6.07, 6.45) is -0.821. The normalized spacial score (nSPS) is 16.9. The van der Waals surface area contributed by atoms with Gasteiger partial charge in [-0.2, -0.15) is 27.0 Å². The molecule has 0 atom stereocenters. The second kappa shape index (κ2) is 11.9. The molecule has 0 radical (unpaired) electrons. The summed E-state index contributed by atoms with van der Waals surface area (Å²) < 4.78 is 72.7. The Balaban J connectivity index is 1.56. The predicted octanol–water partition coefficient (Wildman–Crippen LogP) is 2.65. The summed E-state index contributed by atoms with van der Waals surface area (Å²) in [5, 5.41) is 6.74. The fourth-order valence-corrected chi connectivity index (χ4v) is 6.22. The van der Waals surface area contributed by atoms with Gasteiger partial charge < -0.3 is 19.5 Å². The summed E-state index contributed by atoms with van der Waals surface area (Å²) in [6.45, 7) is 3.07. The third kappa shape index (κ3) is 6.41. The van der Waals surface area contributed by atoms with Gasteiger partial charge in [-0.25, -0.2) is 8.42 Å². The molecule has 12 nitrogen and oxygen atoms in total. The van der Waals surface area contributed by atoms with E-state index in [4.69, 9.17) is 16.3 Å². The van der Waals surface area contributed by atoms with Crippen molar-refractivity contribution in [3.05, 3.63) is 56.7 Å². The van der Waals surface area contributed by atoms with E-state index in [-0.39, 0.29) is 54.9 Å². The first-order valence-electron chi connectivity index (χ1n) is 13.4. The van der Waals surface area contributed by atoms with E-state index in [0.717, 1.165) is 34.5 Å². The molecule has 1 N–H and O–H groups in total. The molecule has 0 unspecified atom stereocenters. The molecule has 2 aromatic heterocycles. The summed E-state index contributed by atoms with van der Waals surface area (Å²) in [5.74, 6) is -0.206. The SMILES string of the molecule is CCc1c(N2CCN(S(C)(=O)=O)CC2)c(=O)n2nc(C3=CCOCC3)nc2n1CC(=O)Nc1ccc(C(F)(F)F)cc1Cl. The van der Waals surface area contributed by atoms with Crippen molar-refractivity contribution >= 4 is 50.3 Å². The van der Waals surface area contributed by atoms with Gasteiger partial charge in [-0.1, -0.05) is 24.6 Å². The van der Waals surface area contributed by atoms with Crippen LogP contribution in [0.15, 0.2) is 29.1 Å². The van der Waals surface area contributed by atoms with Crippen LogP contribution in [-0.4, -0.2) is 83.4 Å². The van der Waals surface area contributed by atoms with Crippen molar-refractivity contribution in [1.82, 2.24) is 23.5 Å². The maximum atomic E-state index is 13.9. The number of carbonyl (C=O) groups excluding carboxylic acids is 1. The number of aromatic nitrogens is 4. The maximum Gasteiger partial charge on any atom is 0.416 e. The highest BCUT2D eigenvalue weighted by Gasteiger charge is 2.32. The average molecular weight is 644 g/mol. The molecule has 4 heterocycles. The number of hydrogen-bond acceptors (Lipinski definition) is 8. The lowest BCUT2D eigenvalue weighted by atomic mass is 10.1. The number of fused-ring (bicyclic) bond motifs is 1. The van der Waals surface area contributed by atoms with Crippen molar-refractivity contribution in [3.8, 4) is 0 Å². The van der Waals surface area contributed by atoms with Crippen molar-refractivity contribution in [3.63, 3.8) is 0 Å². The molecular weight excluding hydrogens is 615 g/mol. The van der Waals surface area contributed by atoms with Crippen LogP contribution in [0.25, 0.3) is 11.4 Å². The van der Waals surface area contributed by atoms with Gasteiger partial charge in [-0.3, -0.25) is 9.59 Å². The first-order valence-corrected chi connectivity index (χ1v) is 15.7. The molecule has 0 bridgehead atoms. The van der Waals surface area contributed by atoms with Crippen molar-refractivity contribution < 1.29 is 31.1 Å². The van der Waals surface area contributed by atoms with Gasteiger partial charge in [0.2, 0.25) is 21.7 Å². The van der Waals surface area contributed by atoms with E-state index >= 15 is 0 Å². The van der Waals surface area contributed by atoms with Gasteiger partial charge >= 0.3 is 6.18 Å². The number of rotatable bonds is 7. The Kier molecular flexibility index (Phi) is 8.57. The lowest BCUT2D eigenvalue weighted by molar-refractivity contribution is -0.137. The minimum absolute atomic E-state index is 0.0126. The molecule has 43 heavy (non-hydrogen) atoms. The highest BCUT2D eigenvalue weighted by atomic mass is 35.5.